The topological polar surface area (TPSA) is 6.48 Å². The van der Waals surface area contributed by atoms with Crippen LogP contribution < -0.4 is 42.6 Å². The molecule has 0 radical (unpaired) electrons. The predicted octanol–water partition coefficient (Wildman–Crippen LogP) is 13.7. The Kier molecular flexibility index (Phi) is 6.41. The Morgan fingerprint density at radius 3 is 1.53 bits per heavy atom. The van der Waals surface area contributed by atoms with Crippen LogP contribution in [0, 0.1) is 11.6 Å². The molecule has 0 fully saturated rings. The highest BCUT2D eigenvalue weighted by Gasteiger charge is 2.53. The lowest BCUT2D eigenvalue weighted by atomic mass is 9.29. The number of para-hydroxylation sites is 2. The van der Waals surface area contributed by atoms with Gasteiger partial charge in [0.25, 0.3) is 6.71 Å². The van der Waals surface area contributed by atoms with Crippen molar-refractivity contribution in [2.75, 3.05) is 9.80 Å². The third-order valence-corrected chi connectivity index (χ3v) is 15.5. The third-order valence-electron chi connectivity index (χ3n) is 14.3. The van der Waals surface area contributed by atoms with Gasteiger partial charge in [-0.2, -0.15) is 0 Å². The predicted molar refractivity (Wildman–Crippen MR) is 303 cm³/mol. The average Bonchev–Trinajstić information content (AvgIpc) is 0.663. The summed E-state index contributed by atoms with van der Waals surface area (Å²) in [6, 6.07) is 26.9. The molecular weight excluding hydrogens is 912 g/mol. The van der Waals surface area contributed by atoms with E-state index in [2.05, 4.69) is 6.07 Å². The minimum absolute atomic E-state index is 0.115. The van der Waals surface area contributed by atoms with Gasteiger partial charge in [0, 0.05) is 43.7 Å². The number of fused-ring (bicyclic) bond motifs is 10. The minimum Gasteiger partial charge on any atom is -0.312 e. The molecule has 15 rings (SSSR count). The smallest absolute Gasteiger partial charge is 0.252 e. The second-order valence-corrected chi connectivity index (χ2v) is 19.1. The molecule has 7 heteroatoms. The molecule has 0 amide bonds. The van der Waals surface area contributed by atoms with Crippen LogP contribution in [0.5, 0.6) is 0 Å². The van der Waals surface area contributed by atoms with E-state index in [0.29, 0.717) is 38.4 Å². The van der Waals surface area contributed by atoms with Crippen molar-refractivity contribution in [3.05, 3.63) is 254 Å². The van der Waals surface area contributed by atoms with Crippen molar-refractivity contribution in [3.63, 3.8) is 0 Å². The van der Waals surface area contributed by atoms with Crippen LogP contribution in [0.3, 0.4) is 0 Å². The van der Waals surface area contributed by atoms with E-state index in [4.69, 9.17) is 8.22 Å². The van der Waals surface area contributed by atoms with Gasteiger partial charge in [0.15, 0.2) is 0 Å². The summed E-state index contributed by atoms with van der Waals surface area (Å²) in [5, 5.41) is 0. The van der Waals surface area contributed by atoms with Crippen molar-refractivity contribution in [2.45, 2.75) is 9.79 Å². The second-order valence-electron chi connectivity index (χ2n) is 18.0. The van der Waals surface area contributed by atoms with Crippen molar-refractivity contribution in [1.29, 1.82) is 0 Å². The fraction of sp³-hybridized carbons (Fsp3) is 0. The van der Waals surface area contributed by atoms with Crippen molar-refractivity contribution in [2.24, 2.45) is 0 Å². The lowest BCUT2D eigenvalue weighted by Crippen LogP contribution is -2.68. The van der Waals surface area contributed by atoms with E-state index in [1.165, 1.54) is 0 Å². The summed E-state index contributed by atoms with van der Waals surface area (Å²) in [6.45, 7) is -2.18. The normalized spacial score (nSPS) is 16.4. The summed E-state index contributed by atoms with van der Waals surface area (Å²) in [7, 11) is 0. The molecule has 11 aromatic carbocycles. The van der Waals surface area contributed by atoms with Crippen LogP contribution in [0.4, 0.5) is 42.9 Å². The Morgan fingerprint density at radius 1 is 0.370 bits per heavy atom. The molecule has 0 spiro atoms. The van der Waals surface area contributed by atoms with Gasteiger partial charge in [-0.1, -0.05) is 223 Å². The second kappa shape index (κ2) is 16.5. The monoisotopic (exact) mass is 969 g/mol. The first kappa shape index (κ1) is 28.4. The molecule has 73 heavy (non-hydrogen) atoms. The van der Waals surface area contributed by atoms with Gasteiger partial charge in [-0.05, 0) is 108 Å². The lowest BCUT2D eigenvalue weighted by molar-refractivity contribution is 0.586. The molecule has 4 aliphatic heterocycles. The van der Waals surface area contributed by atoms with Gasteiger partial charge in [-0.25, -0.2) is 8.78 Å². The Morgan fingerprint density at radius 2 is 0.918 bits per heavy atom. The molecule has 0 aliphatic carbocycles. The number of hydrogen-bond acceptors (Lipinski definition) is 3. The molecule has 0 atom stereocenters. The van der Waals surface area contributed by atoms with E-state index >= 15 is 8.78 Å². The molecule has 0 unspecified atom stereocenters. The van der Waals surface area contributed by atoms with E-state index in [9.17, 15) is 15.1 Å². The van der Waals surface area contributed by atoms with Crippen LogP contribution in [-0.2, 0) is 0 Å². The van der Waals surface area contributed by atoms with Gasteiger partial charge in [-0.15, -0.1) is 0 Å². The highest BCUT2D eigenvalue weighted by atomic mass is 32.2. The highest BCUT2D eigenvalue weighted by Crippen LogP contribution is 2.57. The zero-order valence-electron chi connectivity index (χ0n) is 55.0. The van der Waals surface area contributed by atoms with E-state index < -0.39 is 167 Å². The maximum Gasteiger partial charge on any atom is 0.252 e. The quantitative estimate of drug-likeness (QED) is 0.153. The summed E-state index contributed by atoms with van der Waals surface area (Å²) in [4.78, 5) is 3.85. The first-order valence-electron chi connectivity index (χ1n) is 32.0. The van der Waals surface area contributed by atoms with Crippen molar-refractivity contribution < 1.29 is 32.1 Å². The lowest BCUT2D eigenvalue weighted by Gasteiger charge is -2.50. The molecule has 0 bridgehead atoms. The summed E-state index contributed by atoms with van der Waals surface area (Å²) in [5.41, 5.74) is 2.08. The fourth-order valence-electron chi connectivity index (χ4n) is 11.4. The van der Waals surface area contributed by atoms with Crippen LogP contribution in [0.2, 0.25) is 0 Å². The van der Waals surface area contributed by atoms with Crippen LogP contribution in [0.1, 0.15) is 23.3 Å². The molecule has 4 aliphatic rings. The third kappa shape index (κ3) is 6.25. The summed E-state index contributed by atoms with van der Waals surface area (Å²) >= 11 is 1.13. The average molecular weight is 970 g/mol. The van der Waals surface area contributed by atoms with Gasteiger partial charge < -0.3 is 9.80 Å². The Bertz CT molecular complexity index is 4930. The molecule has 0 N–H and O–H groups in total. The number of nitrogens with zero attached hydrogens (tertiary/aromatic N) is 2. The van der Waals surface area contributed by atoms with Crippen molar-refractivity contribution in [3.8, 4) is 55.6 Å². The number of benzene rings is 11. The van der Waals surface area contributed by atoms with E-state index in [-0.39, 0.29) is 27.1 Å². The Labute approximate surface area is 451 Å². The number of rotatable bonds is 6. The number of halogens is 2. The van der Waals surface area contributed by atoms with Crippen LogP contribution in [-0.4, -0.2) is 13.4 Å². The van der Waals surface area contributed by atoms with Gasteiger partial charge in [0.05, 0.1) is 29.0 Å². The van der Waals surface area contributed by atoms with Gasteiger partial charge in [0.2, 0.25) is 6.71 Å². The molecular formula is C66H40B2F2N2S. The van der Waals surface area contributed by atoms with E-state index in [0.717, 1.165) is 62.5 Å². The molecule has 0 saturated heterocycles. The summed E-state index contributed by atoms with van der Waals surface area (Å²) in [6.07, 6.45) is 0. The van der Waals surface area contributed by atoms with E-state index in [1.54, 1.807) is 6.07 Å². The standard InChI is InChI=1S/C66H40B2F2N2S/c69-53-31-18-32-54(70)63(53)72-55-33-15-13-29-49(55)67-51-39-45(41-19-5-1-6-20-41)35-37-56(51)71-57-38-36-46(42-21-7-2-8-22-42)40-52(57)68-50-30-14-16-34-58(50)73-66-60(64(72)61(67)65(71)62(66)68)59-47(43-23-9-3-10-24-43)27-17-28-48(59)44-25-11-4-12-26-44/h1-40H/i3D,4D,9D,10D,11D,12D,13D,15D,17D,23D,24D,25D,26D,27D,28D,29D,33D. The zero-order chi connectivity index (χ0) is 63.1. The fourth-order valence-corrected chi connectivity index (χ4v) is 12.7. The molecule has 2 nitrogen and oxygen atoms in total. The zero-order valence-corrected chi connectivity index (χ0v) is 38.8. The molecule has 0 saturated carbocycles. The maximum atomic E-state index is 17.9. The van der Waals surface area contributed by atoms with Crippen LogP contribution in [0.25, 0.3) is 55.6 Å². The van der Waals surface area contributed by atoms with E-state index in [1.807, 2.05) is 114 Å². The minimum atomic E-state index is -1.35. The number of anilines is 6. The largest absolute Gasteiger partial charge is 0.312 e. The summed E-state index contributed by atoms with van der Waals surface area (Å²) in [5.74, 6) is -2.46. The summed E-state index contributed by atoms with van der Waals surface area (Å²) < 4.78 is 198. The molecule has 4 heterocycles. The van der Waals surface area contributed by atoms with Gasteiger partial charge in [-0.3, -0.25) is 0 Å². The molecule has 11 aromatic rings. The molecule has 340 valence electrons. The first-order chi connectivity index (χ1) is 43.2. The van der Waals surface area contributed by atoms with Crippen LogP contribution in [0.15, 0.2) is 252 Å². The van der Waals surface area contributed by atoms with Crippen molar-refractivity contribution >= 4 is 92.1 Å². The highest BCUT2D eigenvalue weighted by molar-refractivity contribution is 8.00. The SMILES string of the molecule is [2H]c1c([2H])c([2H])c(-c2c([2H])c([2H])c([2H])c(-c3c([2H])c([2H])c([2H])c([2H])c3[2H])c2-c2c3c4c5c6c2N(c2c(F)cccc2F)c2c([2H])c([2H])c([2H])c([2H])c2B6c2cc(-c6ccccc6)ccc2N5c2ccc(-c5ccccc5)cc2B4c2ccccc2S3)c([2H])c1[2H]. The van der Waals surface area contributed by atoms with Crippen LogP contribution >= 0.6 is 11.8 Å². The van der Waals surface area contributed by atoms with Gasteiger partial charge in [0.1, 0.15) is 17.3 Å². The van der Waals surface area contributed by atoms with Crippen molar-refractivity contribution in [1.82, 2.24) is 0 Å². The Hall–Kier alpha value is -8.64. The first-order valence-corrected chi connectivity index (χ1v) is 24.3. The maximum absolute atomic E-state index is 17.9. The Balaban J connectivity index is 1.28. The molecule has 0 aromatic heterocycles. The number of hydrogen-bond donors (Lipinski definition) is 0. The van der Waals surface area contributed by atoms with Gasteiger partial charge >= 0.3 is 0 Å².